The van der Waals surface area contributed by atoms with Gasteiger partial charge in [-0.3, -0.25) is 0 Å². The van der Waals surface area contributed by atoms with Gasteiger partial charge in [0.05, 0.1) is 12.3 Å². The maximum atomic E-state index is 12.1. The molecule has 0 aliphatic carbocycles. The van der Waals surface area contributed by atoms with E-state index in [0.717, 1.165) is 5.69 Å². The van der Waals surface area contributed by atoms with Crippen LogP contribution in [0.2, 0.25) is 0 Å². The van der Waals surface area contributed by atoms with E-state index in [9.17, 15) is 4.79 Å². The number of carbonyl (C=O) groups excluding carboxylic acids is 1. The van der Waals surface area contributed by atoms with Crippen LogP contribution in [0.15, 0.2) is 5.38 Å². The van der Waals surface area contributed by atoms with Gasteiger partial charge in [-0.05, 0) is 32.3 Å². The molecule has 7 nitrogen and oxygen atoms in total. The van der Waals surface area contributed by atoms with Crippen LogP contribution in [0.3, 0.4) is 0 Å². The van der Waals surface area contributed by atoms with Crippen molar-refractivity contribution in [3.8, 4) is 0 Å². The maximum absolute atomic E-state index is 12.1. The molecule has 0 unspecified atom stereocenters. The summed E-state index contributed by atoms with van der Waals surface area (Å²) in [7, 11) is 1.61. The highest BCUT2D eigenvalue weighted by molar-refractivity contribution is 7.03. The Labute approximate surface area is 129 Å². The summed E-state index contributed by atoms with van der Waals surface area (Å²) in [5.41, 5.74) is 0.406. The quantitative estimate of drug-likeness (QED) is 0.733. The molecule has 0 spiro atoms. The molecule has 0 fully saturated rings. The fraction of sp³-hybridized carbons (Fsp3) is 0.769. The zero-order chi connectivity index (χ0) is 15.7. The summed E-state index contributed by atoms with van der Waals surface area (Å²) < 4.78 is 14.2. The molecule has 0 radical (unpaired) electrons. The zero-order valence-corrected chi connectivity index (χ0v) is 13.9. The number of nitrogens with zero attached hydrogens (tertiary/aromatic N) is 3. The van der Waals surface area contributed by atoms with E-state index < -0.39 is 5.60 Å². The minimum atomic E-state index is -0.498. The number of rotatable bonds is 8. The smallest absolute Gasteiger partial charge is 0.410 e. The fourth-order valence-corrected chi connectivity index (χ4v) is 1.97. The second kappa shape index (κ2) is 8.91. The van der Waals surface area contributed by atoms with Gasteiger partial charge < -0.3 is 19.7 Å². The number of methoxy groups -OCH3 is 1. The molecule has 1 rings (SSSR count). The second-order valence-corrected chi connectivity index (χ2v) is 6.14. The van der Waals surface area contributed by atoms with Gasteiger partial charge in [-0.25, -0.2) is 4.79 Å². The van der Waals surface area contributed by atoms with Gasteiger partial charge in [-0.2, -0.15) is 0 Å². The highest BCUT2D eigenvalue weighted by Gasteiger charge is 2.21. The summed E-state index contributed by atoms with van der Waals surface area (Å²) in [5, 5.41) is 9.07. The Kier molecular flexibility index (Phi) is 7.55. The third-order valence-electron chi connectivity index (χ3n) is 2.49. The van der Waals surface area contributed by atoms with E-state index in [1.807, 2.05) is 26.2 Å². The molecule has 120 valence electrons. The molecule has 1 aromatic heterocycles. The monoisotopic (exact) mass is 316 g/mol. The van der Waals surface area contributed by atoms with E-state index in [4.69, 9.17) is 9.47 Å². The minimum absolute atomic E-state index is 0.323. The van der Waals surface area contributed by atoms with Crippen molar-refractivity contribution in [3.63, 3.8) is 0 Å². The van der Waals surface area contributed by atoms with Crippen molar-refractivity contribution in [1.82, 2.24) is 19.8 Å². The molecule has 0 bridgehead atoms. The van der Waals surface area contributed by atoms with Crippen LogP contribution in [0, 0.1) is 0 Å². The van der Waals surface area contributed by atoms with Crippen molar-refractivity contribution >= 4 is 17.6 Å². The molecule has 0 saturated heterocycles. The summed E-state index contributed by atoms with van der Waals surface area (Å²) in [6, 6.07) is 0. The fourth-order valence-electron chi connectivity index (χ4n) is 1.51. The summed E-state index contributed by atoms with van der Waals surface area (Å²) in [5.74, 6) is 0. The Morgan fingerprint density at radius 2 is 2.19 bits per heavy atom. The van der Waals surface area contributed by atoms with Gasteiger partial charge in [-0.15, -0.1) is 5.10 Å². The lowest BCUT2D eigenvalue weighted by Gasteiger charge is -2.27. The van der Waals surface area contributed by atoms with Gasteiger partial charge >= 0.3 is 6.09 Å². The molecule has 1 amide bonds. The van der Waals surface area contributed by atoms with Gasteiger partial charge in [-0.1, -0.05) is 4.49 Å². The van der Waals surface area contributed by atoms with Gasteiger partial charge in [0.15, 0.2) is 0 Å². The molecule has 0 aliphatic heterocycles. The van der Waals surface area contributed by atoms with Crippen LogP contribution in [-0.4, -0.2) is 59.5 Å². The lowest BCUT2D eigenvalue weighted by atomic mass is 10.2. The van der Waals surface area contributed by atoms with Crippen LogP contribution in [0.25, 0.3) is 0 Å². The average molecular weight is 316 g/mol. The summed E-state index contributed by atoms with van der Waals surface area (Å²) in [6.45, 7) is 8.40. The molecule has 1 N–H and O–H groups in total. The van der Waals surface area contributed by atoms with Gasteiger partial charge in [0.2, 0.25) is 0 Å². The Bertz CT molecular complexity index is 406. The van der Waals surface area contributed by atoms with E-state index in [-0.39, 0.29) is 6.09 Å². The van der Waals surface area contributed by atoms with Crippen LogP contribution in [0.5, 0.6) is 0 Å². The number of aromatic nitrogens is 2. The third kappa shape index (κ3) is 7.93. The lowest BCUT2D eigenvalue weighted by Crippen LogP contribution is -2.42. The molecule has 0 aliphatic rings. The highest BCUT2D eigenvalue weighted by atomic mass is 32.1. The van der Waals surface area contributed by atoms with E-state index in [2.05, 4.69) is 14.9 Å². The van der Waals surface area contributed by atoms with Crippen LogP contribution < -0.4 is 5.32 Å². The maximum Gasteiger partial charge on any atom is 0.410 e. The normalized spacial score (nSPS) is 11.4. The molecule has 0 aromatic carbocycles. The Morgan fingerprint density at radius 1 is 1.43 bits per heavy atom. The first-order chi connectivity index (χ1) is 9.92. The SMILES string of the molecule is COCCN(CCNCc1csnn1)C(=O)OC(C)(C)C. The first-order valence-corrected chi connectivity index (χ1v) is 7.69. The number of hydrogen-bond acceptors (Lipinski definition) is 7. The highest BCUT2D eigenvalue weighted by Crippen LogP contribution is 2.09. The molecule has 1 aromatic rings. The van der Waals surface area contributed by atoms with Crippen LogP contribution >= 0.6 is 11.5 Å². The Balaban J connectivity index is 2.36. The molecule has 1 heterocycles. The van der Waals surface area contributed by atoms with E-state index in [1.54, 1.807) is 12.0 Å². The molecule has 0 saturated carbocycles. The van der Waals surface area contributed by atoms with E-state index in [1.165, 1.54) is 11.5 Å². The van der Waals surface area contributed by atoms with Gasteiger partial charge in [0.1, 0.15) is 5.60 Å². The number of amides is 1. The van der Waals surface area contributed by atoms with Crippen molar-refractivity contribution < 1.29 is 14.3 Å². The largest absolute Gasteiger partial charge is 0.444 e. The van der Waals surface area contributed by atoms with Crippen molar-refractivity contribution in [1.29, 1.82) is 0 Å². The molecular formula is C13H24N4O3S. The minimum Gasteiger partial charge on any atom is -0.444 e. The number of nitrogens with one attached hydrogen (secondary N) is 1. The first-order valence-electron chi connectivity index (χ1n) is 6.86. The van der Waals surface area contributed by atoms with E-state index >= 15 is 0 Å². The predicted octanol–water partition coefficient (Wildman–Crippen LogP) is 1.51. The molecule has 21 heavy (non-hydrogen) atoms. The molecule has 8 heteroatoms. The van der Waals surface area contributed by atoms with Crippen LogP contribution in [0.1, 0.15) is 26.5 Å². The summed E-state index contributed by atoms with van der Waals surface area (Å²) in [6.07, 6.45) is -0.323. The molecule has 0 atom stereocenters. The number of ether oxygens (including phenoxy) is 2. The third-order valence-corrected chi connectivity index (χ3v) is 3.04. The number of carbonyl (C=O) groups is 1. The average Bonchev–Trinajstić information content (AvgIpc) is 2.88. The number of hydrogen-bond donors (Lipinski definition) is 1. The lowest BCUT2D eigenvalue weighted by molar-refractivity contribution is 0.0204. The van der Waals surface area contributed by atoms with E-state index in [0.29, 0.717) is 32.8 Å². The summed E-state index contributed by atoms with van der Waals surface area (Å²) >= 11 is 1.32. The first kappa shape index (κ1) is 17.8. The Hall–Kier alpha value is -1.25. The predicted molar refractivity (Wildman–Crippen MR) is 81.3 cm³/mol. The van der Waals surface area contributed by atoms with Gasteiger partial charge in [0, 0.05) is 38.7 Å². The Morgan fingerprint density at radius 3 is 2.76 bits per heavy atom. The van der Waals surface area contributed by atoms with Crippen molar-refractivity contribution in [2.75, 3.05) is 33.4 Å². The van der Waals surface area contributed by atoms with Crippen LogP contribution in [0.4, 0.5) is 4.79 Å². The standard InChI is InChI=1S/C13H24N4O3S/c1-13(2,3)20-12(18)17(7-8-19-4)6-5-14-9-11-10-21-16-15-11/h10,14H,5-9H2,1-4H3. The second-order valence-electron chi connectivity index (χ2n) is 5.53. The van der Waals surface area contributed by atoms with Crippen molar-refractivity contribution in [3.05, 3.63) is 11.1 Å². The van der Waals surface area contributed by atoms with Crippen LogP contribution in [-0.2, 0) is 16.0 Å². The van der Waals surface area contributed by atoms with Crippen molar-refractivity contribution in [2.24, 2.45) is 0 Å². The topological polar surface area (TPSA) is 76.6 Å². The zero-order valence-electron chi connectivity index (χ0n) is 13.1. The van der Waals surface area contributed by atoms with Gasteiger partial charge in [0.25, 0.3) is 0 Å². The van der Waals surface area contributed by atoms with Crippen molar-refractivity contribution in [2.45, 2.75) is 32.9 Å². The summed E-state index contributed by atoms with van der Waals surface area (Å²) in [4.78, 5) is 13.7. The molecular weight excluding hydrogens is 292 g/mol.